The summed E-state index contributed by atoms with van der Waals surface area (Å²) in [5.41, 5.74) is 0. The molecule has 5 nitrogen and oxygen atoms in total. The fraction of sp³-hybridized carbons (Fsp3) is 0.889. The summed E-state index contributed by atoms with van der Waals surface area (Å²) in [4.78, 5) is 10.8. The Morgan fingerprint density at radius 3 is 2.31 bits per heavy atom. The molecule has 0 radical (unpaired) electrons. The summed E-state index contributed by atoms with van der Waals surface area (Å²) >= 11 is 0. The van der Waals surface area contributed by atoms with Gasteiger partial charge in [-0.15, -0.1) is 0 Å². The number of carbonyl (C=O) groups is 1. The highest BCUT2D eigenvalue weighted by molar-refractivity contribution is 8.12. The van der Waals surface area contributed by atoms with E-state index in [1.54, 1.807) is 0 Å². The molecular weight excluding hydrogens is 254 g/mol. The Hall–Kier alpha value is -0.490. The molecule has 0 unspecified atom stereocenters. The number of amides is 1. The second kappa shape index (κ2) is 8.64. The average Bonchev–Trinajstić information content (AvgIpc) is 2.13. The smallest absolute Gasteiger partial charge is 0.421 e. The third kappa shape index (κ3) is 11.6. The molecule has 1 N–H and O–H groups in total. The number of rotatable bonds is 8. The van der Waals surface area contributed by atoms with Gasteiger partial charge < -0.3 is 4.74 Å². The lowest BCUT2D eigenvalue weighted by atomic mass is 10.1. The van der Waals surface area contributed by atoms with Crippen molar-refractivity contribution in [3.05, 3.63) is 0 Å². The van der Waals surface area contributed by atoms with E-state index in [-0.39, 0.29) is 6.61 Å². The highest BCUT2D eigenvalue weighted by atomic mass is 35.7. The molecule has 0 saturated carbocycles. The predicted octanol–water partition coefficient (Wildman–Crippen LogP) is 2.56. The molecule has 0 spiro atoms. The summed E-state index contributed by atoms with van der Waals surface area (Å²) < 4.78 is 26.9. The van der Waals surface area contributed by atoms with Crippen LogP contribution < -0.4 is 4.72 Å². The van der Waals surface area contributed by atoms with Crippen molar-refractivity contribution in [1.82, 2.24) is 4.72 Å². The van der Waals surface area contributed by atoms with Crippen molar-refractivity contribution in [2.24, 2.45) is 0 Å². The standard InChI is InChI=1S/C9H18ClNO4S/c1-2-3-4-5-6-7-8-15-9(12)11-16(10,13)14/h2-8H2,1H3,(H,11,12). The summed E-state index contributed by atoms with van der Waals surface area (Å²) in [7, 11) is 0.755. The SMILES string of the molecule is CCCCCCCCOC(=O)NS(=O)(=O)Cl. The van der Waals surface area contributed by atoms with E-state index in [1.807, 2.05) is 0 Å². The van der Waals surface area contributed by atoms with Gasteiger partial charge >= 0.3 is 15.3 Å². The highest BCUT2D eigenvalue weighted by Crippen LogP contribution is 2.05. The Balaban J connectivity index is 3.35. The van der Waals surface area contributed by atoms with Gasteiger partial charge in [0.1, 0.15) is 0 Å². The largest absolute Gasteiger partial charge is 0.449 e. The second-order valence-electron chi connectivity index (χ2n) is 3.44. The first-order valence-electron chi connectivity index (χ1n) is 5.35. The van der Waals surface area contributed by atoms with Gasteiger partial charge in [0.15, 0.2) is 0 Å². The van der Waals surface area contributed by atoms with Crippen LogP contribution in [0.3, 0.4) is 0 Å². The van der Waals surface area contributed by atoms with E-state index < -0.39 is 15.3 Å². The molecule has 0 saturated heterocycles. The summed E-state index contributed by atoms with van der Waals surface area (Å²) in [5.74, 6) is 0. The Morgan fingerprint density at radius 2 is 1.75 bits per heavy atom. The maximum atomic E-state index is 10.8. The van der Waals surface area contributed by atoms with E-state index >= 15 is 0 Å². The van der Waals surface area contributed by atoms with E-state index in [0.717, 1.165) is 19.3 Å². The summed E-state index contributed by atoms with van der Waals surface area (Å²) in [6.45, 7) is 2.35. The molecule has 96 valence electrons. The monoisotopic (exact) mass is 271 g/mol. The zero-order chi connectivity index (χ0) is 12.4. The van der Waals surface area contributed by atoms with Crippen molar-refractivity contribution < 1.29 is 17.9 Å². The Morgan fingerprint density at radius 1 is 1.19 bits per heavy atom. The zero-order valence-electron chi connectivity index (χ0n) is 9.37. The van der Waals surface area contributed by atoms with Crippen LogP contribution >= 0.6 is 10.7 Å². The molecule has 1 amide bonds. The Bertz CT molecular complexity index is 292. The van der Waals surface area contributed by atoms with Crippen LogP contribution in [0.4, 0.5) is 4.79 Å². The quantitative estimate of drug-likeness (QED) is 0.544. The van der Waals surface area contributed by atoms with E-state index in [2.05, 4.69) is 11.7 Å². The third-order valence-corrected chi connectivity index (χ3v) is 2.58. The lowest BCUT2D eigenvalue weighted by Crippen LogP contribution is -2.27. The molecule has 0 aliphatic carbocycles. The lowest BCUT2D eigenvalue weighted by molar-refractivity contribution is 0.150. The van der Waals surface area contributed by atoms with Gasteiger partial charge in [-0.05, 0) is 6.42 Å². The maximum Gasteiger partial charge on any atom is 0.421 e. The normalized spacial score (nSPS) is 11.1. The molecule has 0 bridgehead atoms. The second-order valence-corrected chi connectivity index (χ2v) is 5.74. The van der Waals surface area contributed by atoms with Crippen LogP contribution in [0, 0.1) is 0 Å². The first-order chi connectivity index (χ1) is 7.45. The zero-order valence-corrected chi connectivity index (χ0v) is 10.9. The molecule has 7 heteroatoms. The summed E-state index contributed by atoms with van der Waals surface area (Å²) in [6, 6.07) is 0. The van der Waals surface area contributed by atoms with E-state index in [9.17, 15) is 13.2 Å². The van der Waals surface area contributed by atoms with E-state index in [1.165, 1.54) is 24.0 Å². The molecule has 0 aromatic heterocycles. The first-order valence-corrected chi connectivity index (χ1v) is 7.66. The number of hydrogen-bond acceptors (Lipinski definition) is 4. The van der Waals surface area contributed by atoms with Crippen molar-refractivity contribution in [3.8, 4) is 0 Å². The summed E-state index contributed by atoms with van der Waals surface area (Å²) in [6.07, 6.45) is 5.37. The molecule has 0 atom stereocenters. The number of ether oxygens (including phenoxy) is 1. The minimum atomic E-state index is -4.03. The van der Waals surface area contributed by atoms with Gasteiger partial charge in [0.25, 0.3) is 0 Å². The fourth-order valence-electron chi connectivity index (χ4n) is 1.18. The third-order valence-electron chi connectivity index (χ3n) is 1.94. The number of nitrogens with one attached hydrogen (secondary N) is 1. The van der Waals surface area contributed by atoms with Gasteiger partial charge in [0.05, 0.1) is 6.61 Å². The van der Waals surface area contributed by atoms with Crippen LogP contribution in [-0.2, 0) is 14.0 Å². The van der Waals surface area contributed by atoms with Gasteiger partial charge in [0.2, 0.25) is 0 Å². The molecule has 0 rings (SSSR count). The fourth-order valence-corrected chi connectivity index (χ4v) is 1.62. The molecule has 16 heavy (non-hydrogen) atoms. The van der Waals surface area contributed by atoms with Crippen LogP contribution in [0.2, 0.25) is 0 Å². The Kier molecular flexibility index (Phi) is 8.37. The molecule has 0 aromatic rings. The van der Waals surface area contributed by atoms with Crippen LogP contribution in [0.25, 0.3) is 0 Å². The average molecular weight is 272 g/mol. The van der Waals surface area contributed by atoms with Crippen molar-refractivity contribution >= 4 is 26.0 Å². The van der Waals surface area contributed by atoms with Crippen molar-refractivity contribution in [2.75, 3.05) is 6.61 Å². The topological polar surface area (TPSA) is 72.5 Å². The van der Waals surface area contributed by atoms with Gasteiger partial charge in [0, 0.05) is 10.7 Å². The minimum absolute atomic E-state index is 0.213. The van der Waals surface area contributed by atoms with E-state index in [4.69, 9.17) is 10.7 Å². The molecule has 0 aliphatic rings. The van der Waals surface area contributed by atoms with E-state index in [0.29, 0.717) is 0 Å². The lowest BCUT2D eigenvalue weighted by Gasteiger charge is -2.04. The minimum Gasteiger partial charge on any atom is -0.449 e. The highest BCUT2D eigenvalue weighted by Gasteiger charge is 2.10. The summed E-state index contributed by atoms with van der Waals surface area (Å²) in [5, 5.41) is 0. The van der Waals surface area contributed by atoms with Crippen molar-refractivity contribution in [1.29, 1.82) is 0 Å². The number of hydrogen-bond donors (Lipinski definition) is 1. The van der Waals surface area contributed by atoms with Gasteiger partial charge in [-0.25, -0.2) is 9.52 Å². The number of unbranched alkanes of at least 4 members (excludes halogenated alkanes) is 5. The maximum absolute atomic E-state index is 10.8. The number of carbonyl (C=O) groups excluding carboxylic acids is 1. The first kappa shape index (κ1) is 15.5. The van der Waals surface area contributed by atoms with Crippen LogP contribution in [0.15, 0.2) is 0 Å². The molecular formula is C9H18ClNO4S. The molecule has 0 aromatic carbocycles. The van der Waals surface area contributed by atoms with Gasteiger partial charge in [-0.3, -0.25) is 0 Å². The molecule has 0 aliphatic heterocycles. The van der Waals surface area contributed by atoms with Gasteiger partial charge in [-0.1, -0.05) is 39.0 Å². The van der Waals surface area contributed by atoms with Gasteiger partial charge in [-0.2, -0.15) is 8.42 Å². The van der Waals surface area contributed by atoms with Crippen molar-refractivity contribution in [2.45, 2.75) is 45.4 Å². The van der Waals surface area contributed by atoms with Crippen LogP contribution in [-0.4, -0.2) is 21.1 Å². The van der Waals surface area contributed by atoms with Crippen LogP contribution in [0.5, 0.6) is 0 Å². The predicted molar refractivity (Wildman–Crippen MR) is 62.6 cm³/mol. The van der Waals surface area contributed by atoms with Crippen LogP contribution in [0.1, 0.15) is 45.4 Å². The van der Waals surface area contributed by atoms with Crippen molar-refractivity contribution in [3.63, 3.8) is 0 Å². The number of halogens is 1. The Labute approximate surface area is 101 Å². The molecule has 0 heterocycles. The molecule has 0 fully saturated rings.